The maximum absolute atomic E-state index is 12.5. The van der Waals surface area contributed by atoms with Crippen LogP contribution >= 0.6 is 0 Å². The van der Waals surface area contributed by atoms with E-state index in [0.29, 0.717) is 38.7 Å². The molecule has 8 heteroatoms. The number of carbonyl (C=O) groups excluding carboxylic acids is 2. The van der Waals surface area contributed by atoms with Gasteiger partial charge in [0, 0.05) is 57.2 Å². The Balaban J connectivity index is 1.42. The van der Waals surface area contributed by atoms with Crippen molar-refractivity contribution < 1.29 is 9.59 Å². The third kappa shape index (κ3) is 5.46. The lowest BCUT2D eigenvalue weighted by atomic mass is 10.0. The highest BCUT2D eigenvalue weighted by Gasteiger charge is 2.22. The summed E-state index contributed by atoms with van der Waals surface area (Å²) in [5.74, 6) is 0.744. The fourth-order valence-corrected chi connectivity index (χ4v) is 3.61. The Bertz CT molecular complexity index is 828. The van der Waals surface area contributed by atoms with Crippen molar-refractivity contribution in [2.45, 2.75) is 33.1 Å². The quantitative estimate of drug-likeness (QED) is 0.732. The van der Waals surface area contributed by atoms with Crippen molar-refractivity contribution in [2.75, 3.05) is 42.9 Å². The van der Waals surface area contributed by atoms with Gasteiger partial charge in [0.1, 0.15) is 0 Å². The van der Waals surface area contributed by atoms with Crippen LogP contribution in [0.15, 0.2) is 36.7 Å². The van der Waals surface area contributed by atoms with E-state index in [1.165, 1.54) is 0 Å². The van der Waals surface area contributed by atoms with Gasteiger partial charge < -0.3 is 20.4 Å². The van der Waals surface area contributed by atoms with Gasteiger partial charge in [0.25, 0.3) is 0 Å². The van der Waals surface area contributed by atoms with E-state index in [2.05, 4.69) is 39.3 Å². The van der Waals surface area contributed by atoms with E-state index in [9.17, 15) is 9.59 Å². The fraction of sp³-hybridized carbons (Fsp3) is 0.455. The van der Waals surface area contributed by atoms with Gasteiger partial charge in [-0.05, 0) is 30.0 Å². The highest BCUT2D eigenvalue weighted by Crippen LogP contribution is 2.22. The molecule has 2 heterocycles. The zero-order chi connectivity index (χ0) is 21.3. The van der Waals surface area contributed by atoms with E-state index in [0.717, 1.165) is 29.7 Å². The second kappa shape index (κ2) is 10.6. The Labute approximate surface area is 177 Å². The number of aromatic nitrogens is 2. The predicted molar refractivity (Wildman–Crippen MR) is 118 cm³/mol. The lowest BCUT2D eigenvalue weighted by Gasteiger charge is -2.34. The number of carbonyl (C=O) groups is 2. The van der Waals surface area contributed by atoms with Gasteiger partial charge in [-0.2, -0.15) is 0 Å². The zero-order valence-electron chi connectivity index (χ0n) is 17.7. The first-order valence-electron chi connectivity index (χ1n) is 10.6. The topological polar surface area (TPSA) is 90.5 Å². The minimum absolute atomic E-state index is 0.0483. The van der Waals surface area contributed by atoms with E-state index in [1.807, 2.05) is 23.1 Å². The molecule has 2 aromatic rings. The van der Waals surface area contributed by atoms with Crippen LogP contribution in [0.1, 0.15) is 31.4 Å². The van der Waals surface area contributed by atoms with Crippen molar-refractivity contribution in [3.63, 3.8) is 0 Å². The molecule has 2 N–H and O–H groups in total. The van der Waals surface area contributed by atoms with E-state index in [4.69, 9.17) is 0 Å². The Morgan fingerprint density at radius 1 is 0.967 bits per heavy atom. The second-order valence-corrected chi connectivity index (χ2v) is 7.21. The molecule has 160 valence electrons. The van der Waals surface area contributed by atoms with Crippen LogP contribution in [0.4, 0.5) is 16.4 Å². The molecular formula is C22H30N6O2. The molecule has 3 amide bonds. The fourth-order valence-electron chi connectivity index (χ4n) is 3.61. The first-order valence-corrected chi connectivity index (χ1v) is 10.6. The van der Waals surface area contributed by atoms with Crippen LogP contribution in [-0.2, 0) is 17.6 Å². The summed E-state index contributed by atoms with van der Waals surface area (Å²) in [6.07, 6.45) is 5.42. The number of nitrogens with one attached hydrogen (secondary N) is 2. The summed E-state index contributed by atoms with van der Waals surface area (Å²) in [6.45, 7) is 7.12. The van der Waals surface area contributed by atoms with Gasteiger partial charge >= 0.3 is 6.03 Å². The van der Waals surface area contributed by atoms with Crippen LogP contribution in [-0.4, -0.2) is 59.5 Å². The number of rotatable bonds is 7. The number of hydrogen-bond donors (Lipinski definition) is 2. The van der Waals surface area contributed by atoms with Crippen molar-refractivity contribution in [1.82, 2.24) is 20.2 Å². The van der Waals surface area contributed by atoms with E-state index >= 15 is 0 Å². The van der Waals surface area contributed by atoms with Gasteiger partial charge in [-0.25, -0.2) is 14.8 Å². The summed E-state index contributed by atoms with van der Waals surface area (Å²) in [6, 6.07) is 7.58. The number of para-hydroxylation sites is 1. The smallest absolute Gasteiger partial charge is 0.319 e. The maximum atomic E-state index is 12.5. The number of urea groups is 1. The van der Waals surface area contributed by atoms with E-state index < -0.39 is 0 Å². The van der Waals surface area contributed by atoms with Gasteiger partial charge in [0.2, 0.25) is 11.9 Å². The Hall–Kier alpha value is -3.16. The average molecular weight is 411 g/mol. The Morgan fingerprint density at radius 2 is 1.60 bits per heavy atom. The van der Waals surface area contributed by atoms with Crippen LogP contribution in [0.5, 0.6) is 0 Å². The number of piperazine rings is 1. The summed E-state index contributed by atoms with van der Waals surface area (Å²) in [4.78, 5) is 37.2. The van der Waals surface area contributed by atoms with Gasteiger partial charge in [-0.3, -0.25) is 4.79 Å². The van der Waals surface area contributed by atoms with Crippen LogP contribution in [0.25, 0.3) is 0 Å². The molecule has 0 atom stereocenters. The molecule has 1 aromatic carbocycles. The molecule has 1 saturated heterocycles. The van der Waals surface area contributed by atoms with E-state index in [-0.39, 0.29) is 18.4 Å². The Morgan fingerprint density at radius 3 is 2.20 bits per heavy atom. The molecule has 8 nitrogen and oxygen atoms in total. The minimum atomic E-state index is -0.274. The zero-order valence-corrected chi connectivity index (χ0v) is 17.7. The summed E-state index contributed by atoms with van der Waals surface area (Å²) in [5, 5.41) is 5.77. The van der Waals surface area contributed by atoms with Crippen LogP contribution in [0.2, 0.25) is 0 Å². The molecule has 0 aliphatic carbocycles. The van der Waals surface area contributed by atoms with Crippen LogP contribution < -0.4 is 15.5 Å². The lowest BCUT2D eigenvalue weighted by Crippen LogP contribution is -2.49. The van der Waals surface area contributed by atoms with Crippen LogP contribution in [0, 0.1) is 0 Å². The summed E-state index contributed by atoms with van der Waals surface area (Å²) < 4.78 is 0. The summed E-state index contributed by atoms with van der Waals surface area (Å²) in [5.41, 5.74) is 3.10. The molecule has 0 unspecified atom stereocenters. The summed E-state index contributed by atoms with van der Waals surface area (Å²) >= 11 is 0. The monoisotopic (exact) mass is 410 g/mol. The molecule has 1 aromatic heterocycles. The third-order valence-corrected chi connectivity index (χ3v) is 5.33. The van der Waals surface area contributed by atoms with Crippen molar-refractivity contribution in [1.29, 1.82) is 0 Å². The number of aryl methyl sites for hydroxylation is 2. The molecule has 0 radical (unpaired) electrons. The molecule has 0 saturated carbocycles. The molecule has 1 fully saturated rings. The third-order valence-electron chi connectivity index (χ3n) is 5.33. The minimum Gasteiger partial charge on any atom is -0.339 e. The SMILES string of the molecule is CCc1cccc(CC)c1NC(=O)NCCC(=O)N1CCN(c2ncccn2)CC1. The van der Waals surface area contributed by atoms with Gasteiger partial charge in [0.05, 0.1) is 0 Å². The van der Waals surface area contributed by atoms with Gasteiger partial charge in [0.15, 0.2) is 0 Å². The largest absolute Gasteiger partial charge is 0.339 e. The maximum Gasteiger partial charge on any atom is 0.319 e. The van der Waals surface area contributed by atoms with Crippen molar-refractivity contribution in [3.8, 4) is 0 Å². The number of amides is 3. The molecule has 0 spiro atoms. The number of anilines is 2. The van der Waals surface area contributed by atoms with Crippen molar-refractivity contribution in [3.05, 3.63) is 47.8 Å². The average Bonchev–Trinajstić information content (AvgIpc) is 2.79. The number of nitrogens with zero attached hydrogens (tertiary/aromatic N) is 4. The second-order valence-electron chi connectivity index (χ2n) is 7.21. The molecule has 1 aliphatic heterocycles. The molecule has 1 aliphatic rings. The first kappa shape index (κ1) is 21.5. The van der Waals surface area contributed by atoms with Gasteiger partial charge in [-0.1, -0.05) is 32.0 Å². The standard InChI is InChI=1S/C22H30N6O2/c1-3-17-7-5-8-18(4-2)20(17)26-22(30)25-12-9-19(29)27-13-15-28(16-14-27)21-23-10-6-11-24-21/h5-8,10-11H,3-4,9,12-16H2,1-2H3,(H2,25,26,30). The molecule has 0 bridgehead atoms. The summed E-state index contributed by atoms with van der Waals surface area (Å²) in [7, 11) is 0. The normalized spacial score (nSPS) is 13.8. The van der Waals surface area contributed by atoms with Gasteiger partial charge in [-0.15, -0.1) is 0 Å². The van der Waals surface area contributed by atoms with Crippen LogP contribution in [0.3, 0.4) is 0 Å². The van der Waals surface area contributed by atoms with E-state index in [1.54, 1.807) is 18.5 Å². The Kier molecular flexibility index (Phi) is 7.59. The number of benzene rings is 1. The molecule has 3 rings (SSSR count). The number of hydrogen-bond acceptors (Lipinski definition) is 5. The molecular weight excluding hydrogens is 380 g/mol. The lowest BCUT2D eigenvalue weighted by molar-refractivity contribution is -0.131. The highest BCUT2D eigenvalue weighted by atomic mass is 16.2. The predicted octanol–water partition coefficient (Wildman–Crippen LogP) is 2.46. The first-order chi connectivity index (χ1) is 14.6. The van der Waals surface area contributed by atoms with Crippen molar-refractivity contribution >= 4 is 23.6 Å². The molecule has 30 heavy (non-hydrogen) atoms. The van der Waals surface area contributed by atoms with Crippen molar-refractivity contribution in [2.24, 2.45) is 0 Å². The highest BCUT2D eigenvalue weighted by molar-refractivity contribution is 5.91.